The van der Waals surface area contributed by atoms with E-state index in [9.17, 15) is 10.2 Å². The number of nitrogens with zero attached hydrogens (tertiary/aromatic N) is 4. The molecule has 29 heavy (non-hydrogen) atoms. The van der Waals surface area contributed by atoms with Gasteiger partial charge < -0.3 is 20.0 Å². The fraction of sp³-hybridized carbons (Fsp3) is 0.217. The Morgan fingerprint density at radius 1 is 0.793 bits per heavy atom. The number of hydrogen-bond acceptors (Lipinski definition) is 5. The second kappa shape index (κ2) is 6.99. The molecule has 0 radical (unpaired) electrons. The highest BCUT2D eigenvalue weighted by molar-refractivity contribution is 5.81. The average Bonchev–Trinajstić information content (AvgIpc) is 2.76. The van der Waals surface area contributed by atoms with E-state index in [2.05, 4.69) is 45.7 Å². The van der Waals surface area contributed by atoms with Crippen molar-refractivity contribution in [2.75, 3.05) is 43.2 Å². The summed E-state index contributed by atoms with van der Waals surface area (Å²) in [6.45, 7) is 1.12. The first kappa shape index (κ1) is 17.8. The van der Waals surface area contributed by atoms with Crippen LogP contribution in [0.2, 0.25) is 0 Å². The van der Waals surface area contributed by atoms with E-state index in [4.69, 9.17) is 4.99 Å². The first-order valence-corrected chi connectivity index (χ1v) is 9.81. The summed E-state index contributed by atoms with van der Waals surface area (Å²) in [7, 11) is 2.06. The number of β-amino-alcohol motifs (C(OH)–C–C–N with tert-alkyl or cyclic N) is 2. The molecule has 0 aromatic heterocycles. The Balaban J connectivity index is 1.83. The molecule has 2 aliphatic rings. The molecule has 0 saturated heterocycles. The largest absolute Gasteiger partial charge is 0.395 e. The molecule has 2 aliphatic heterocycles. The van der Waals surface area contributed by atoms with Gasteiger partial charge in [-0.15, -0.1) is 0 Å². The number of rotatable bonds is 4. The summed E-state index contributed by atoms with van der Waals surface area (Å²) in [5.41, 5.74) is 6.06. The number of hydrogen-bond donors (Lipinski definition) is 2. The lowest BCUT2D eigenvalue weighted by Gasteiger charge is -2.31. The van der Waals surface area contributed by atoms with Crippen LogP contribution in [-0.4, -0.2) is 43.6 Å². The molecular formula is C23H23N4O2+. The van der Waals surface area contributed by atoms with E-state index < -0.39 is 0 Å². The maximum Gasteiger partial charge on any atom is 0.231 e. The minimum absolute atomic E-state index is 0.0557. The van der Waals surface area contributed by atoms with E-state index in [0.29, 0.717) is 13.1 Å². The van der Waals surface area contributed by atoms with Crippen LogP contribution in [0.25, 0.3) is 0 Å². The van der Waals surface area contributed by atoms with Crippen LogP contribution in [0.15, 0.2) is 65.7 Å². The molecule has 0 spiro atoms. The molecule has 0 atom stereocenters. The van der Waals surface area contributed by atoms with E-state index in [1.807, 2.05) is 36.4 Å². The van der Waals surface area contributed by atoms with Gasteiger partial charge in [0.1, 0.15) is 18.4 Å². The van der Waals surface area contributed by atoms with Gasteiger partial charge in [-0.2, -0.15) is 4.58 Å². The molecule has 0 bridgehead atoms. The van der Waals surface area contributed by atoms with E-state index in [1.165, 1.54) is 0 Å². The van der Waals surface area contributed by atoms with Crippen LogP contribution in [0.3, 0.4) is 0 Å². The van der Waals surface area contributed by atoms with Crippen LogP contribution in [-0.2, 0) is 0 Å². The second-order valence-electron chi connectivity index (χ2n) is 7.23. The van der Waals surface area contributed by atoms with Crippen LogP contribution in [0.5, 0.6) is 0 Å². The van der Waals surface area contributed by atoms with Crippen molar-refractivity contribution in [2.45, 2.75) is 0 Å². The molecule has 3 aromatic carbocycles. The highest BCUT2D eigenvalue weighted by Gasteiger charge is 2.30. The summed E-state index contributed by atoms with van der Waals surface area (Å²) in [6.07, 6.45) is 0. The van der Waals surface area contributed by atoms with Gasteiger partial charge >= 0.3 is 0 Å². The van der Waals surface area contributed by atoms with Gasteiger partial charge in [0.15, 0.2) is 0 Å². The van der Waals surface area contributed by atoms with Crippen molar-refractivity contribution in [3.63, 3.8) is 0 Å². The predicted molar refractivity (Wildman–Crippen MR) is 115 cm³/mol. The summed E-state index contributed by atoms with van der Waals surface area (Å²) in [4.78, 5) is 9.17. The highest BCUT2D eigenvalue weighted by Crippen LogP contribution is 2.37. The first-order chi connectivity index (χ1) is 14.2. The molecular weight excluding hydrogens is 364 g/mol. The monoisotopic (exact) mass is 387 g/mol. The van der Waals surface area contributed by atoms with Crippen LogP contribution < -0.4 is 25.1 Å². The Hall–Kier alpha value is -3.22. The van der Waals surface area contributed by atoms with Crippen LogP contribution in [0.1, 0.15) is 0 Å². The summed E-state index contributed by atoms with van der Waals surface area (Å²) in [5, 5.41) is 21.3. The third-order valence-electron chi connectivity index (χ3n) is 5.61. The molecule has 0 amide bonds. The van der Waals surface area contributed by atoms with Gasteiger partial charge in [0.25, 0.3) is 0 Å². The van der Waals surface area contributed by atoms with Crippen molar-refractivity contribution in [1.82, 2.24) is 4.58 Å². The van der Waals surface area contributed by atoms with E-state index >= 15 is 0 Å². The fourth-order valence-corrected chi connectivity index (χ4v) is 4.31. The molecule has 3 aromatic rings. The second-order valence-corrected chi connectivity index (χ2v) is 7.23. The number of fused-ring (bicyclic) bond motifs is 4. The van der Waals surface area contributed by atoms with Gasteiger partial charge in [-0.3, -0.25) is 0 Å². The lowest BCUT2D eigenvalue weighted by molar-refractivity contribution is 0.305. The van der Waals surface area contributed by atoms with Gasteiger partial charge in [0.2, 0.25) is 11.0 Å². The summed E-state index contributed by atoms with van der Waals surface area (Å²) in [6, 6.07) is 20.4. The molecule has 146 valence electrons. The number of anilines is 4. The van der Waals surface area contributed by atoms with Crippen molar-refractivity contribution >= 4 is 34.1 Å². The Bertz CT molecular complexity index is 1220. The molecule has 2 heterocycles. The van der Waals surface area contributed by atoms with Gasteiger partial charge in [0, 0.05) is 25.2 Å². The van der Waals surface area contributed by atoms with E-state index in [-0.39, 0.29) is 13.2 Å². The van der Waals surface area contributed by atoms with Crippen molar-refractivity contribution in [3.05, 3.63) is 71.4 Å². The third-order valence-corrected chi connectivity index (χ3v) is 5.61. The van der Waals surface area contributed by atoms with E-state index in [1.54, 1.807) is 0 Å². The van der Waals surface area contributed by atoms with Crippen LogP contribution >= 0.6 is 0 Å². The van der Waals surface area contributed by atoms with Crippen molar-refractivity contribution < 1.29 is 10.2 Å². The Morgan fingerprint density at radius 3 is 2.21 bits per heavy atom. The molecule has 5 rings (SSSR count). The predicted octanol–water partition coefficient (Wildman–Crippen LogP) is 1.98. The Morgan fingerprint density at radius 2 is 1.45 bits per heavy atom. The summed E-state index contributed by atoms with van der Waals surface area (Å²) in [5.74, 6) is 0. The lowest BCUT2D eigenvalue weighted by Crippen LogP contribution is -2.40. The molecule has 0 saturated carbocycles. The Labute approximate surface area is 168 Å². The quantitative estimate of drug-likeness (QED) is 0.672. The topological polar surface area (TPSA) is 62.3 Å². The van der Waals surface area contributed by atoms with Gasteiger partial charge in [-0.1, -0.05) is 24.3 Å². The average molecular weight is 387 g/mol. The fourth-order valence-electron chi connectivity index (χ4n) is 4.31. The van der Waals surface area contributed by atoms with Gasteiger partial charge in [-0.05, 0) is 24.3 Å². The zero-order chi connectivity index (χ0) is 20.0. The Kier molecular flexibility index (Phi) is 4.30. The summed E-state index contributed by atoms with van der Waals surface area (Å²) < 4.78 is 2.18. The molecule has 6 nitrogen and oxygen atoms in total. The minimum Gasteiger partial charge on any atom is -0.395 e. The smallest absolute Gasteiger partial charge is 0.231 e. The highest BCUT2D eigenvalue weighted by atomic mass is 16.3. The number of para-hydroxylation sites is 4. The zero-order valence-corrected chi connectivity index (χ0v) is 16.3. The maximum atomic E-state index is 9.70. The van der Waals surface area contributed by atoms with Crippen molar-refractivity contribution in [1.29, 1.82) is 0 Å². The SMILES string of the molecule is C[N+]1=c2cc3c(cc2N(CCO)c2ccccc21)=Nc1ccccc1N3CCO. The maximum absolute atomic E-state index is 9.70. The van der Waals surface area contributed by atoms with Crippen LogP contribution in [0, 0.1) is 0 Å². The minimum atomic E-state index is 0.0557. The molecule has 6 heteroatoms. The first-order valence-electron chi connectivity index (χ1n) is 9.81. The molecule has 2 N–H and O–H groups in total. The van der Waals surface area contributed by atoms with E-state index in [0.717, 1.165) is 44.8 Å². The lowest BCUT2D eigenvalue weighted by atomic mass is 10.1. The van der Waals surface area contributed by atoms with Crippen LogP contribution in [0.4, 0.5) is 34.1 Å². The van der Waals surface area contributed by atoms with Gasteiger partial charge in [0.05, 0.1) is 35.6 Å². The zero-order valence-electron chi connectivity index (χ0n) is 16.3. The summed E-state index contributed by atoms with van der Waals surface area (Å²) >= 11 is 0. The standard InChI is InChI=1S/C23H23N4O2/c1-25-19-8-4-5-9-20(19)27(11-13-29)23-14-17-21(15-22(23)25)26(10-12-28)18-7-3-2-6-16(18)24-17/h2-9,14-15,28-29H,10-13H2,1H3/q+1. The van der Waals surface area contributed by atoms with Crippen molar-refractivity contribution in [2.24, 2.45) is 4.99 Å². The third kappa shape index (κ3) is 2.72. The molecule has 0 aliphatic carbocycles. The van der Waals surface area contributed by atoms with Crippen molar-refractivity contribution in [3.8, 4) is 0 Å². The number of benzene rings is 3. The van der Waals surface area contributed by atoms with Gasteiger partial charge in [-0.25, -0.2) is 4.99 Å². The number of aliphatic hydroxyl groups excluding tert-OH is 2. The normalized spacial score (nSPS) is 14.0. The number of aliphatic hydroxyl groups is 2. The molecule has 0 unspecified atom stereocenters. The molecule has 0 fully saturated rings.